The Morgan fingerprint density at radius 2 is 1.85 bits per heavy atom. The molecule has 13 heavy (non-hydrogen) atoms. The smallest absolute Gasteiger partial charge is 0.00701 e. The SMILES string of the molecule is CC(CN)CC(N)C1CCCCC1. The molecule has 0 radical (unpaired) electrons. The Morgan fingerprint density at radius 1 is 1.23 bits per heavy atom. The molecular weight excluding hydrogens is 160 g/mol. The highest BCUT2D eigenvalue weighted by atomic mass is 14.7. The Labute approximate surface area is 82.1 Å². The van der Waals surface area contributed by atoms with Crippen LogP contribution in [-0.4, -0.2) is 12.6 Å². The maximum Gasteiger partial charge on any atom is 0.00701 e. The van der Waals surface area contributed by atoms with Crippen LogP contribution in [0.1, 0.15) is 45.4 Å². The van der Waals surface area contributed by atoms with E-state index in [2.05, 4.69) is 6.92 Å². The predicted octanol–water partition coefficient (Wildman–Crippen LogP) is 1.88. The molecule has 4 N–H and O–H groups in total. The molecule has 2 atom stereocenters. The molecule has 0 heterocycles. The van der Waals surface area contributed by atoms with Crippen molar-refractivity contribution in [3.05, 3.63) is 0 Å². The second-order valence-corrected chi connectivity index (χ2v) is 4.64. The zero-order valence-corrected chi connectivity index (χ0v) is 8.84. The van der Waals surface area contributed by atoms with Gasteiger partial charge in [-0.05, 0) is 37.6 Å². The van der Waals surface area contributed by atoms with Crippen molar-refractivity contribution in [2.75, 3.05) is 6.54 Å². The lowest BCUT2D eigenvalue weighted by atomic mass is 9.81. The standard InChI is InChI=1S/C11H24N2/c1-9(8-12)7-11(13)10-5-3-2-4-6-10/h9-11H,2-8,12-13H2,1H3. The number of hydrogen-bond donors (Lipinski definition) is 2. The van der Waals surface area contributed by atoms with Gasteiger partial charge in [-0.2, -0.15) is 0 Å². The molecule has 0 aliphatic heterocycles. The van der Waals surface area contributed by atoms with Gasteiger partial charge < -0.3 is 11.5 Å². The molecule has 1 fully saturated rings. The molecule has 1 aliphatic carbocycles. The van der Waals surface area contributed by atoms with E-state index in [4.69, 9.17) is 11.5 Å². The fourth-order valence-corrected chi connectivity index (χ4v) is 2.32. The van der Waals surface area contributed by atoms with Crippen molar-refractivity contribution in [1.82, 2.24) is 0 Å². The van der Waals surface area contributed by atoms with Crippen molar-refractivity contribution >= 4 is 0 Å². The normalized spacial score (nSPS) is 24.2. The maximum absolute atomic E-state index is 6.17. The van der Waals surface area contributed by atoms with Crippen LogP contribution in [0.2, 0.25) is 0 Å². The van der Waals surface area contributed by atoms with Crippen LogP contribution >= 0.6 is 0 Å². The van der Waals surface area contributed by atoms with E-state index in [9.17, 15) is 0 Å². The monoisotopic (exact) mass is 184 g/mol. The van der Waals surface area contributed by atoms with Crippen LogP contribution in [0.15, 0.2) is 0 Å². The maximum atomic E-state index is 6.17. The molecule has 0 aromatic carbocycles. The van der Waals surface area contributed by atoms with E-state index in [0.717, 1.165) is 18.9 Å². The first-order valence-electron chi connectivity index (χ1n) is 5.69. The number of hydrogen-bond acceptors (Lipinski definition) is 2. The van der Waals surface area contributed by atoms with Gasteiger partial charge in [-0.25, -0.2) is 0 Å². The van der Waals surface area contributed by atoms with Gasteiger partial charge in [0.2, 0.25) is 0 Å². The first-order chi connectivity index (χ1) is 6.24. The van der Waals surface area contributed by atoms with E-state index < -0.39 is 0 Å². The number of nitrogens with two attached hydrogens (primary N) is 2. The Hall–Kier alpha value is -0.0800. The highest BCUT2D eigenvalue weighted by Gasteiger charge is 2.21. The van der Waals surface area contributed by atoms with Crippen LogP contribution < -0.4 is 11.5 Å². The lowest BCUT2D eigenvalue weighted by Crippen LogP contribution is -2.34. The summed E-state index contributed by atoms with van der Waals surface area (Å²) in [6.07, 6.45) is 7.98. The van der Waals surface area contributed by atoms with Crippen LogP contribution in [0.5, 0.6) is 0 Å². The minimum absolute atomic E-state index is 0.402. The van der Waals surface area contributed by atoms with Crippen LogP contribution in [0.3, 0.4) is 0 Å². The van der Waals surface area contributed by atoms with Crippen molar-refractivity contribution < 1.29 is 0 Å². The summed E-state index contributed by atoms with van der Waals surface area (Å²) in [7, 11) is 0. The van der Waals surface area contributed by atoms with Crippen LogP contribution in [0, 0.1) is 11.8 Å². The Kier molecular flexibility index (Phi) is 4.74. The molecule has 0 aromatic rings. The van der Waals surface area contributed by atoms with Crippen molar-refractivity contribution in [3.8, 4) is 0 Å². The average Bonchev–Trinajstić information content (AvgIpc) is 2.19. The molecule has 2 unspecified atom stereocenters. The van der Waals surface area contributed by atoms with Gasteiger partial charge in [-0.1, -0.05) is 26.2 Å². The van der Waals surface area contributed by atoms with E-state index in [1.165, 1.54) is 32.1 Å². The molecular formula is C11H24N2. The summed E-state index contributed by atoms with van der Waals surface area (Å²) in [5.74, 6) is 1.37. The van der Waals surface area contributed by atoms with E-state index in [-0.39, 0.29) is 0 Å². The molecule has 1 saturated carbocycles. The fraction of sp³-hybridized carbons (Fsp3) is 1.00. The molecule has 0 amide bonds. The van der Waals surface area contributed by atoms with Gasteiger partial charge in [0, 0.05) is 6.04 Å². The Balaban J connectivity index is 2.24. The zero-order chi connectivity index (χ0) is 9.68. The third-order valence-electron chi connectivity index (χ3n) is 3.33. The van der Waals surface area contributed by atoms with E-state index in [0.29, 0.717) is 12.0 Å². The van der Waals surface area contributed by atoms with Crippen molar-refractivity contribution in [2.24, 2.45) is 23.3 Å². The van der Waals surface area contributed by atoms with Crippen molar-refractivity contribution in [3.63, 3.8) is 0 Å². The molecule has 0 aromatic heterocycles. The second-order valence-electron chi connectivity index (χ2n) is 4.64. The topological polar surface area (TPSA) is 52.0 Å². The highest BCUT2D eigenvalue weighted by Crippen LogP contribution is 2.27. The molecule has 0 spiro atoms. The van der Waals surface area contributed by atoms with Crippen LogP contribution in [0.25, 0.3) is 0 Å². The predicted molar refractivity (Wildman–Crippen MR) is 57.4 cm³/mol. The molecule has 1 aliphatic rings. The highest BCUT2D eigenvalue weighted by molar-refractivity contribution is 4.78. The third-order valence-corrected chi connectivity index (χ3v) is 3.33. The summed E-state index contributed by atoms with van der Waals surface area (Å²) >= 11 is 0. The van der Waals surface area contributed by atoms with E-state index in [1.807, 2.05) is 0 Å². The lowest BCUT2D eigenvalue weighted by Gasteiger charge is -2.28. The quantitative estimate of drug-likeness (QED) is 0.701. The first-order valence-corrected chi connectivity index (χ1v) is 5.69. The summed E-state index contributed by atoms with van der Waals surface area (Å²) in [6, 6.07) is 0.402. The van der Waals surface area contributed by atoms with Crippen molar-refractivity contribution in [2.45, 2.75) is 51.5 Å². The van der Waals surface area contributed by atoms with Gasteiger partial charge in [0.05, 0.1) is 0 Å². The molecule has 2 heteroatoms. The van der Waals surface area contributed by atoms with Gasteiger partial charge in [-0.3, -0.25) is 0 Å². The second kappa shape index (κ2) is 5.61. The summed E-state index contributed by atoms with van der Waals surface area (Å²) in [4.78, 5) is 0. The Bertz CT molecular complexity index is 130. The van der Waals surface area contributed by atoms with Crippen LogP contribution in [0.4, 0.5) is 0 Å². The van der Waals surface area contributed by atoms with Crippen molar-refractivity contribution in [1.29, 1.82) is 0 Å². The molecule has 78 valence electrons. The minimum Gasteiger partial charge on any atom is -0.330 e. The molecule has 0 saturated heterocycles. The molecule has 1 rings (SSSR count). The van der Waals surface area contributed by atoms with Gasteiger partial charge in [0.25, 0.3) is 0 Å². The Morgan fingerprint density at radius 3 is 2.38 bits per heavy atom. The van der Waals surface area contributed by atoms with Crippen LogP contribution in [-0.2, 0) is 0 Å². The van der Waals surface area contributed by atoms with Gasteiger partial charge in [0.15, 0.2) is 0 Å². The largest absolute Gasteiger partial charge is 0.330 e. The molecule has 0 bridgehead atoms. The average molecular weight is 184 g/mol. The van der Waals surface area contributed by atoms with Gasteiger partial charge in [-0.15, -0.1) is 0 Å². The summed E-state index contributed by atoms with van der Waals surface area (Å²) in [6.45, 7) is 2.98. The van der Waals surface area contributed by atoms with Gasteiger partial charge in [0.1, 0.15) is 0 Å². The van der Waals surface area contributed by atoms with Gasteiger partial charge >= 0.3 is 0 Å². The first kappa shape index (κ1) is 11.0. The fourth-order valence-electron chi connectivity index (χ4n) is 2.32. The lowest BCUT2D eigenvalue weighted by molar-refractivity contribution is 0.275. The molecule has 2 nitrogen and oxygen atoms in total. The van der Waals surface area contributed by atoms with E-state index >= 15 is 0 Å². The van der Waals surface area contributed by atoms with E-state index in [1.54, 1.807) is 0 Å². The summed E-state index contributed by atoms with van der Waals surface area (Å²) in [5.41, 5.74) is 11.8. The minimum atomic E-state index is 0.402. The zero-order valence-electron chi connectivity index (χ0n) is 8.84. The summed E-state index contributed by atoms with van der Waals surface area (Å²) in [5, 5.41) is 0. The summed E-state index contributed by atoms with van der Waals surface area (Å²) < 4.78 is 0. The number of rotatable bonds is 4. The third kappa shape index (κ3) is 3.65.